The molecule has 1 heterocycles. The molecule has 0 radical (unpaired) electrons. The minimum atomic E-state index is 0.484. The number of ether oxygens (including phenoxy) is 2. The number of hydrogen-bond donors (Lipinski definition) is 1. The molecule has 0 fully saturated rings. The SMILES string of the molecule is COC1=C(OC)CC2=C(CCN[C@@H]2C)C1. The van der Waals surface area contributed by atoms with Gasteiger partial charge in [-0.25, -0.2) is 0 Å². The number of rotatable bonds is 2. The van der Waals surface area contributed by atoms with Gasteiger partial charge in [-0.3, -0.25) is 0 Å². The van der Waals surface area contributed by atoms with E-state index in [0.717, 1.165) is 37.3 Å². The van der Waals surface area contributed by atoms with Gasteiger partial charge in [-0.1, -0.05) is 5.57 Å². The zero-order valence-corrected chi connectivity index (χ0v) is 9.72. The second-order valence-electron chi connectivity index (χ2n) is 4.16. The Morgan fingerprint density at radius 3 is 2.47 bits per heavy atom. The molecule has 15 heavy (non-hydrogen) atoms. The molecule has 84 valence electrons. The van der Waals surface area contributed by atoms with Crippen molar-refractivity contribution in [1.82, 2.24) is 5.32 Å². The fourth-order valence-corrected chi connectivity index (χ4v) is 2.45. The molecule has 0 saturated carbocycles. The highest BCUT2D eigenvalue weighted by Crippen LogP contribution is 2.35. The summed E-state index contributed by atoms with van der Waals surface area (Å²) in [6, 6.07) is 0.484. The highest BCUT2D eigenvalue weighted by Gasteiger charge is 2.27. The zero-order chi connectivity index (χ0) is 10.8. The summed E-state index contributed by atoms with van der Waals surface area (Å²) in [5.41, 5.74) is 3.04. The molecule has 0 unspecified atom stereocenters. The van der Waals surface area contributed by atoms with Gasteiger partial charge in [0, 0.05) is 18.9 Å². The molecule has 0 spiro atoms. The van der Waals surface area contributed by atoms with Crippen LogP contribution in [0.1, 0.15) is 26.2 Å². The van der Waals surface area contributed by atoms with E-state index >= 15 is 0 Å². The van der Waals surface area contributed by atoms with Crippen molar-refractivity contribution in [2.75, 3.05) is 20.8 Å². The number of methoxy groups -OCH3 is 2. The first-order valence-electron chi connectivity index (χ1n) is 5.50. The first-order chi connectivity index (χ1) is 7.26. The number of nitrogens with one attached hydrogen (secondary N) is 1. The predicted molar refractivity (Wildman–Crippen MR) is 59.4 cm³/mol. The van der Waals surface area contributed by atoms with Crippen molar-refractivity contribution >= 4 is 0 Å². The summed E-state index contributed by atoms with van der Waals surface area (Å²) in [7, 11) is 3.45. The fraction of sp³-hybridized carbons (Fsp3) is 0.667. The average Bonchev–Trinajstić information content (AvgIpc) is 2.28. The number of allylic oxidation sites excluding steroid dienone is 2. The van der Waals surface area contributed by atoms with Crippen LogP contribution in [-0.4, -0.2) is 26.8 Å². The van der Waals surface area contributed by atoms with Gasteiger partial charge in [-0.15, -0.1) is 0 Å². The Labute approximate surface area is 91.1 Å². The largest absolute Gasteiger partial charge is 0.497 e. The zero-order valence-electron chi connectivity index (χ0n) is 9.72. The molecule has 1 aliphatic heterocycles. The van der Waals surface area contributed by atoms with E-state index in [9.17, 15) is 0 Å². The second-order valence-corrected chi connectivity index (χ2v) is 4.16. The van der Waals surface area contributed by atoms with E-state index in [0.29, 0.717) is 6.04 Å². The Morgan fingerprint density at radius 2 is 1.80 bits per heavy atom. The van der Waals surface area contributed by atoms with Crippen LogP contribution in [-0.2, 0) is 9.47 Å². The Balaban J connectivity index is 2.23. The molecule has 0 aromatic rings. The second kappa shape index (κ2) is 4.27. The van der Waals surface area contributed by atoms with Crippen LogP contribution in [0.3, 0.4) is 0 Å². The molecule has 0 bridgehead atoms. The van der Waals surface area contributed by atoms with Gasteiger partial charge in [0.15, 0.2) is 0 Å². The van der Waals surface area contributed by atoms with Crippen LogP contribution in [0.2, 0.25) is 0 Å². The van der Waals surface area contributed by atoms with Gasteiger partial charge in [0.05, 0.1) is 14.2 Å². The van der Waals surface area contributed by atoms with Crippen LogP contribution in [0.4, 0.5) is 0 Å². The maximum absolute atomic E-state index is 5.38. The van der Waals surface area contributed by atoms with Gasteiger partial charge in [-0.2, -0.15) is 0 Å². The fourth-order valence-electron chi connectivity index (χ4n) is 2.45. The van der Waals surface area contributed by atoms with E-state index < -0.39 is 0 Å². The summed E-state index contributed by atoms with van der Waals surface area (Å²) in [5, 5.41) is 3.48. The normalized spacial score (nSPS) is 26.5. The third-order valence-corrected chi connectivity index (χ3v) is 3.38. The van der Waals surface area contributed by atoms with Crippen LogP contribution in [0.25, 0.3) is 0 Å². The molecule has 3 nitrogen and oxygen atoms in total. The molecule has 3 heteroatoms. The lowest BCUT2D eigenvalue weighted by molar-refractivity contribution is 0.203. The Bertz CT molecular complexity index is 318. The smallest absolute Gasteiger partial charge is 0.137 e. The highest BCUT2D eigenvalue weighted by atomic mass is 16.5. The monoisotopic (exact) mass is 209 g/mol. The molecule has 1 N–H and O–H groups in total. The molecule has 1 atom stereocenters. The van der Waals surface area contributed by atoms with Gasteiger partial charge in [0.2, 0.25) is 0 Å². The predicted octanol–water partition coefficient (Wildman–Crippen LogP) is 1.96. The van der Waals surface area contributed by atoms with Gasteiger partial charge in [0.1, 0.15) is 11.5 Å². The molecular formula is C12H19NO2. The summed E-state index contributed by atoms with van der Waals surface area (Å²) in [6.07, 6.45) is 2.98. The van der Waals surface area contributed by atoms with Crippen LogP contribution in [0.5, 0.6) is 0 Å². The molecule has 0 aromatic heterocycles. The van der Waals surface area contributed by atoms with Crippen molar-refractivity contribution in [3.63, 3.8) is 0 Å². The molecule has 0 saturated heterocycles. The molecular weight excluding hydrogens is 190 g/mol. The first-order valence-corrected chi connectivity index (χ1v) is 5.50. The quantitative estimate of drug-likeness (QED) is 0.705. The van der Waals surface area contributed by atoms with E-state index in [1.54, 1.807) is 19.8 Å². The molecule has 0 amide bonds. The molecule has 1 aliphatic carbocycles. The van der Waals surface area contributed by atoms with Crippen LogP contribution in [0.15, 0.2) is 22.7 Å². The average molecular weight is 209 g/mol. The standard InChI is InChI=1S/C12H19NO2/c1-8-10-7-12(15-3)11(14-2)6-9(10)4-5-13-8/h8,13H,4-7H2,1-3H3/t8-/m1/s1. The Morgan fingerprint density at radius 1 is 1.13 bits per heavy atom. The topological polar surface area (TPSA) is 30.5 Å². The minimum absolute atomic E-state index is 0.484. The summed E-state index contributed by atoms with van der Waals surface area (Å²) in [4.78, 5) is 0. The lowest BCUT2D eigenvalue weighted by Crippen LogP contribution is -2.35. The van der Waals surface area contributed by atoms with Crippen molar-refractivity contribution in [2.45, 2.75) is 32.2 Å². The van der Waals surface area contributed by atoms with E-state index in [1.807, 2.05) is 0 Å². The first kappa shape index (κ1) is 10.6. The summed E-state index contributed by atoms with van der Waals surface area (Å²) in [6.45, 7) is 3.30. The number of hydrogen-bond acceptors (Lipinski definition) is 3. The van der Waals surface area contributed by atoms with E-state index in [2.05, 4.69) is 12.2 Å². The van der Waals surface area contributed by atoms with Crippen molar-refractivity contribution in [1.29, 1.82) is 0 Å². The molecule has 2 rings (SSSR count). The third-order valence-electron chi connectivity index (χ3n) is 3.38. The Hall–Kier alpha value is -0.960. The summed E-state index contributed by atoms with van der Waals surface area (Å²) >= 11 is 0. The maximum Gasteiger partial charge on any atom is 0.137 e. The van der Waals surface area contributed by atoms with E-state index in [-0.39, 0.29) is 0 Å². The summed E-state index contributed by atoms with van der Waals surface area (Å²) in [5.74, 6) is 2.00. The van der Waals surface area contributed by atoms with Crippen LogP contribution in [0, 0.1) is 0 Å². The van der Waals surface area contributed by atoms with E-state index in [1.165, 1.54) is 5.57 Å². The van der Waals surface area contributed by atoms with Crippen molar-refractivity contribution < 1.29 is 9.47 Å². The van der Waals surface area contributed by atoms with Crippen molar-refractivity contribution in [2.24, 2.45) is 0 Å². The Kier molecular flexibility index (Phi) is 3.00. The third kappa shape index (κ3) is 1.88. The molecule has 2 aliphatic rings. The van der Waals surface area contributed by atoms with Crippen LogP contribution < -0.4 is 5.32 Å². The van der Waals surface area contributed by atoms with Crippen molar-refractivity contribution in [3.8, 4) is 0 Å². The lowest BCUT2D eigenvalue weighted by Gasteiger charge is -2.32. The van der Waals surface area contributed by atoms with Crippen molar-refractivity contribution in [3.05, 3.63) is 22.7 Å². The van der Waals surface area contributed by atoms with E-state index in [4.69, 9.17) is 9.47 Å². The lowest BCUT2D eigenvalue weighted by atomic mass is 9.86. The van der Waals surface area contributed by atoms with Gasteiger partial charge >= 0.3 is 0 Å². The maximum atomic E-state index is 5.38. The van der Waals surface area contributed by atoms with Crippen LogP contribution >= 0.6 is 0 Å². The van der Waals surface area contributed by atoms with Gasteiger partial charge < -0.3 is 14.8 Å². The van der Waals surface area contributed by atoms with Gasteiger partial charge in [0.25, 0.3) is 0 Å². The highest BCUT2D eigenvalue weighted by molar-refractivity contribution is 5.34. The molecule has 0 aromatic carbocycles. The minimum Gasteiger partial charge on any atom is -0.497 e. The van der Waals surface area contributed by atoms with Gasteiger partial charge in [-0.05, 0) is 25.5 Å². The summed E-state index contributed by atoms with van der Waals surface area (Å²) < 4.78 is 10.8.